The first-order chi connectivity index (χ1) is 8.12. The van der Waals surface area contributed by atoms with E-state index in [0.29, 0.717) is 17.5 Å². The molecule has 0 saturated heterocycles. The summed E-state index contributed by atoms with van der Waals surface area (Å²) in [5.41, 5.74) is 1.62. The number of rotatable bonds is 4. The van der Waals surface area contributed by atoms with Gasteiger partial charge in [0.15, 0.2) is 0 Å². The molecule has 1 rings (SSSR count). The Hall–Kier alpha value is -1.54. The van der Waals surface area contributed by atoms with Crippen LogP contribution in [0.15, 0.2) is 12.1 Å². The smallest absolute Gasteiger partial charge is 0.310 e. The van der Waals surface area contributed by atoms with Crippen LogP contribution in [0.3, 0.4) is 0 Å². The number of carbonyl (C=O) groups is 1. The number of aromatic hydroxyl groups is 1. The number of nitriles is 1. The lowest BCUT2D eigenvalue weighted by Gasteiger charge is -2.08. The number of benzene rings is 1. The quantitative estimate of drug-likeness (QED) is 0.684. The molecule has 0 spiro atoms. The van der Waals surface area contributed by atoms with Crippen molar-refractivity contribution >= 4 is 21.9 Å². The second-order valence-corrected chi connectivity index (χ2v) is 3.93. The topological polar surface area (TPSA) is 70.3 Å². The predicted octanol–water partition coefficient (Wildman–Crippen LogP) is 2.26. The van der Waals surface area contributed by atoms with Gasteiger partial charge >= 0.3 is 5.97 Å². The molecule has 0 atom stereocenters. The number of halogens is 1. The predicted molar refractivity (Wildman–Crippen MR) is 65.8 cm³/mol. The molecule has 1 aromatic carbocycles. The Morgan fingerprint density at radius 3 is 2.76 bits per heavy atom. The zero-order chi connectivity index (χ0) is 12.8. The first-order valence-electron chi connectivity index (χ1n) is 5.08. The van der Waals surface area contributed by atoms with E-state index in [1.165, 1.54) is 12.1 Å². The Balaban J connectivity index is 3.05. The first kappa shape index (κ1) is 13.5. The van der Waals surface area contributed by atoms with Gasteiger partial charge in [-0.2, -0.15) is 5.26 Å². The van der Waals surface area contributed by atoms with E-state index in [1.807, 2.05) is 6.07 Å². The lowest BCUT2D eigenvalue weighted by atomic mass is 10.0. The van der Waals surface area contributed by atoms with Crippen LogP contribution in [0, 0.1) is 11.3 Å². The maximum atomic E-state index is 11.4. The Bertz CT molecular complexity index is 466. The van der Waals surface area contributed by atoms with Crippen molar-refractivity contribution in [1.29, 1.82) is 5.26 Å². The zero-order valence-electron chi connectivity index (χ0n) is 9.36. The van der Waals surface area contributed by atoms with Gasteiger partial charge < -0.3 is 9.84 Å². The van der Waals surface area contributed by atoms with Crippen molar-refractivity contribution in [2.45, 2.75) is 18.7 Å². The summed E-state index contributed by atoms with van der Waals surface area (Å²) in [6.45, 7) is 2.06. The van der Waals surface area contributed by atoms with Gasteiger partial charge in [0.25, 0.3) is 0 Å². The molecular formula is C12H12BrNO3. The highest BCUT2D eigenvalue weighted by molar-refractivity contribution is 9.08. The number of hydrogen-bond donors (Lipinski definition) is 1. The number of esters is 1. The number of carbonyl (C=O) groups excluding carboxylic acids is 1. The van der Waals surface area contributed by atoms with Crippen LogP contribution in [0.25, 0.3) is 0 Å². The SMILES string of the molecule is CCOC(=O)Cc1cc(C#N)c(O)cc1CBr. The summed E-state index contributed by atoms with van der Waals surface area (Å²) in [7, 11) is 0. The highest BCUT2D eigenvalue weighted by Gasteiger charge is 2.12. The van der Waals surface area contributed by atoms with Gasteiger partial charge in [-0.3, -0.25) is 4.79 Å². The minimum atomic E-state index is -0.343. The molecule has 0 fully saturated rings. The molecule has 0 heterocycles. The zero-order valence-corrected chi connectivity index (χ0v) is 11.0. The lowest BCUT2D eigenvalue weighted by molar-refractivity contribution is -0.142. The van der Waals surface area contributed by atoms with Gasteiger partial charge in [0.05, 0.1) is 18.6 Å². The van der Waals surface area contributed by atoms with Crippen LogP contribution in [0.1, 0.15) is 23.6 Å². The van der Waals surface area contributed by atoms with Gasteiger partial charge in [-0.25, -0.2) is 0 Å². The second-order valence-electron chi connectivity index (χ2n) is 3.37. The van der Waals surface area contributed by atoms with E-state index in [1.54, 1.807) is 6.92 Å². The Morgan fingerprint density at radius 1 is 1.53 bits per heavy atom. The molecule has 17 heavy (non-hydrogen) atoms. The van der Waals surface area contributed by atoms with Crippen molar-refractivity contribution in [2.24, 2.45) is 0 Å². The average Bonchev–Trinajstić information content (AvgIpc) is 2.31. The summed E-state index contributed by atoms with van der Waals surface area (Å²) in [4.78, 5) is 11.4. The van der Waals surface area contributed by atoms with E-state index in [2.05, 4.69) is 15.9 Å². The van der Waals surface area contributed by atoms with E-state index in [4.69, 9.17) is 10.00 Å². The normalized spacial score (nSPS) is 9.71. The first-order valence-corrected chi connectivity index (χ1v) is 6.21. The molecule has 5 heteroatoms. The van der Waals surface area contributed by atoms with Crippen LogP contribution in [0.4, 0.5) is 0 Å². The van der Waals surface area contributed by atoms with Crippen molar-refractivity contribution < 1.29 is 14.6 Å². The molecule has 0 saturated carbocycles. The van der Waals surface area contributed by atoms with E-state index in [0.717, 1.165) is 5.56 Å². The van der Waals surface area contributed by atoms with Crippen molar-refractivity contribution in [3.8, 4) is 11.8 Å². The molecule has 0 radical (unpaired) electrons. The van der Waals surface area contributed by atoms with Crippen molar-refractivity contribution in [1.82, 2.24) is 0 Å². The summed E-state index contributed by atoms with van der Waals surface area (Å²) in [5, 5.41) is 18.8. The molecular weight excluding hydrogens is 286 g/mol. The Labute approximate surface area is 108 Å². The summed E-state index contributed by atoms with van der Waals surface area (Å²) >= 11 is 3.27. The van der Waals surface area contributed by atoms with Gasteiger partial charge in [0.1, 0.15) is 11.8 Å². The average molecular weight is 298 g/mol. The van der Waals surface area contributed by atoms with Crippen molar-refractivity contribution in [2.75, 3.05) is 6.61 Å². The maximum absolute atomic E-state index is 11.4. The molecule has 1 aromatic rings. The van der Waals surface area contributed by atoms with Crippen LogP contribution >= 0.6 is 15.9 Å². The highest BCUT2D eigenvalue weighted by Crippen LogP contribution is 2.24. The number of phenolic OH excluding ortho intramolecular Hbond substituents is 1. The van der Waals surface area contributed by atoms with Gasteiger partial charge in [0, 0.05) is 5.33 Å². The van der Waals surface area contributed by atoms with Crippen molar-refractivity contribution in [3.63, 3.8) is 0 Å². The molecule has 1 N–H and O–H groups in total. The van der Waals surface area contributed by atoms with Gasteiger partial charge in [0.2, 0.25) is 0 Å². The summed E-state index contributed by atoms with van der Waals surface area (Å²) in [5.74, 6) is -0.418. The molecule has 0 aliphatic heterocycles. The van der Waals surface area contributed by atoms with E-state index in [-0.39, 0.29) is 23.7 Å². The van der Waals surface area contributed by atoms with Gasteiger partial charge in [-0.05, 0) is 30.2 Å². The van der Waals surface area contributed by atoms with E-state index < -0.39 is 0 Å². The molecule has 4 nitrogen and oxygen atoms in total. The van der Waals surface area contributed by atoms with Crippen LogP contribution in [-0.4, -0.2) is 17.7 Å². The largest absolute Gasteiger partial charge is 0.507 e. The fraction of sp³-hybridized carbons (Fsp3) is 0.333. The molecule has 0 bridgehead atoms. The summed E-state index contributed by atoms with van der Waals surface area (Å²) < 4.78 is 4.85. The standard InChI is InChI=1S/C12H12BrNO3/c1-2-17-12(16)5-8-3-10(7-14)11(15)4-9(8)6-13/h3-4,15H,2,5-6H2,1H3. The minimum absolute atomic E-state index is 0.0745. The fourth-order valence-corrected chi connectivity index (χ4v) is 1.94. The molecule has 0 unspecified atom stereocenters. The third kappa shape index (κ3) is 3.46. The van der Waals surface area contributed by atoms with Crippen molar-refractivity contribution in [3.05, 3.63) is 28.8 Å². The molecule has 0 amide bonds. The summed E-state index contributed by atoms with van der Waals surface area (Å²) in [6.07, 6.45) is 0.101. The van der Waals surface area contributed by atoms with Gasteiger partial charge in [-0.1, -0.05) is 15.9 Å². The Morgan fingerprint density at radius 2 is 2.24 bits per heavy atom. The van der Waals surface area contributed by atoms with E-state index in [9.17, 15) is 9.90 Å². The highest BCUT2D eigenvalue weighted by atomic mass is 79.9. The Kier molecular flexibility index (Phi) is 4.98. The molecule has 0 aliphatic rings. The monoisotopic (exact) mass is 297 g/mol. The molecule has 0 aliphatic carbocycles. The number of phenols is 1. The van der Waals surface area contributed by atoms with Crippen LogP contribution in [0.5, 0.6) is 5.75 Å². The minimum Gasteiger partial charge on any atom is -0.507 e. The van der Waals surface area contributed by atoms with E-state index >= 15 is 0 Å². The molecule has 0 aromatic heterocycles. The van der Waals surface area contributed by atoms with Crippen LogP contribution in [0.2, 0.25) is 0 Å². The van der Waals surface area contributed by atoms with Gasteiger partial charge in [-0.15, -0.1) is 0 Å². The maximum Gasteiger partial charge on any atom is 0.310 e. The third-order valence-corrected chi connectivity index (χ3v) is 2.83. The molecule has 90 valence electrons. The number of hydrogen-bond acceptors (Lipinski definition) is 4. The number of ether oxygens (including phenoxy) is 1. The third-order valence-electron chi connectivity index (χ3n) is 2.22. The van der Waals surface area contributed by atoms with Crippen LogP contribution in [-0.2, 0) is 21.3 Å². The summed E-state index contributed by atoms with van der Waals surface area (Å²) in [6, 6.07) is 4.88. The lowest BCUT2D eigenvalue weighted by Crippen LogP contribution is -2.09. The number of alkyl halides is 1. The fourth-order valence-electron chi connectivity index (χ4n) is 1.42. The second kappa shape index (κ2) is 6.26. The number of nitrogens with zero attached hydrogens (tertiary/aromatic N) is 1. The van der Waals surface area contributed by atoms with Crippen LogP contribution < -0.4 is 0 Å².